The quantitative estimate of drug-likeness (QED) is 0.793. The number of aliphatic carboxylic acids is 1. The van der Waals surface area contributed by atoms with Gasteiger partial charge in [0.05, 0.1) is 11.3 Å². The van der Waals surface area contributed by atoms with E-state index in [1.54, 1.807) is 29.8 Å². The van der Waals surface area contributed by atoms with E-state index >= 15 is 0 Å². The molecular weight excluding hydrogens is 278 g/mol. The van der Waals surface area contributed by atoms with Gasteiger partial charge in [0.25, 0.3) is 5.56 Å². The summed E-state index contributed by atoms with van der Waals surface area (Å²) >= 11 is 1.55. The molecule has 3 rings (SSSR count). The zero-order valence-corrected chi connectivity index (χ0v) is 11.2. The van der Waals surface area contributed by atoms with Crippen molar-refractivity contribution in [3.8, 4) is 10.6 Å². The smallest absolute Gasteiger partial charge is 0.305 e. The maximum absolute atomic E-state index is 12.2. The van der Waals surface area contributed by atoms with Gasteiger partial charge in [-0.1, -0.05) is 6.07 Å². The summed E-state index contributed by atoms with van der Waals surface area (Å²) in [7, 11) is 0. The number of hydrogen-bond donors (Lipinski definition) is 1. The summed E-state index contributed by atoms with van der Waals surface area (Å²) in [6.07, 6.45) is 3.14. The highest BCUT2D eigenvalue weighted by Crippen LogP contribution is 2.23. The van der Waals surface area contributed by atoms with Crippen LogP contribution >= 0.6 is 11.3 Å². The molecule has 0 amide bonds. The lowest BCUT2D eigenvalue weighted by atomic mass is 10.3. The number of hydrogen-bond acceptors (Lipinski definition) is 4. The Morgan fingerprint density at radius 2 is 2.25 bits per heavy atom. The predicted molar refractivity (Wildman–Crippen MR) is 75.0 cm³/mol. The molecule has 0 unspecified atom stereocenters. The minimum atomic E-state index is -0.926. The molecule has 0 radical (unpaired) electrons. The molecule has 0 atom stereocenters. The van der Waals surface area contributed by atoms with E-state index in [4.69, 9.17) is 5.11 Å². The van der Waals surface area contributed by atoms with Crippen LogP contribution in [0, 0.1) is 0 Å². The molecule has 3 aromatic rings. The van der Waals surface area contributed by atoms with Crippen molar-refractivity contribution in [2.24, 2.45) is 0 Å². The Morgan fingerprint density at radius 3 is 2.95 bits per heavy atom. The van der Waals surface area contributed by atoms with Gasteiger partial charge in [-0.25, -0.2) is 4.52 Å². The molecule has 6 nitrogen and oxygen atoms in total. The highest BCUT2D eigenvalue weighted by molar-refractivity contribution is 7.13. The number of rotatable bonds is 4. The fourth-order valence-electron chi connectivity index (χ4n) is 1.96. The number of fused-ring (bicyclic) bond motifs is 1. The molecular formula is C13H11N3O3S. The molecule has 7 heteroatoms. The average Bonchev–Trinajstić information content (AvgIpc) is 3.06. The summed E-state index contributed by atoms with van der Waals surface area (Å²) in [6, 6.07) is 5.59. The predicted octanol–water partition coefficient (Wildman–Crippen LogP) is 1.70. The summed E-state index contributed by atoms with van der Waals surface area (Å²) in [5.41, 5.74) is 0.957. The number of carboxylic acids is 1. The van der Waals surface area contributed by atoms with Crippen LogP contribution in [0.15, 0.2) is 40.8 Å². The van der Waals surface area contributed by atoms with Crippen molar-refractivity contribution in [3.63, 3.8) is 0 Å². The molecule has 102 valence electrons. The first kappa shape index (κ1) is 12.6. The third-order valence-corrected chi connectivity index (χ3v) is 3.84. The topological polar surface area (TPSA) is 76.6 Å². The lowest BCUT2D eigenvalue weighted by Crippen LogP contribution is -2.22. The molecule has 0 aromatic carbocycles. The van der Waals surface area contributed by atoms with E-state index in [0.717, 1.165) is 10.6 Å². The van der Waals surface area contributed by atoms with Gasteiger partial charge < -0.3 is 9.67 Å². The third kappa shape index (κ3) is 2.23. The zero-order valence-electron chi connectivity index (χ0n) is 10.4. The van der Waals surface area contributed by atoms with Gasteiger partial charge >= 0.3 is 5.97 Å². The van der Waals surface area contributed by atoms with Crippen LogP contribution in [0.4, 0.5) is 0 Å². The molecule has 0 aliphatic rings. The molecule has 0 spiro atoms. The number of thiophene rings is 1. The zero-order chi connectivity index (χ0) is 14.1. The van der Waals surface area contributed by atoms with Gasteiger partial charge in [-0.15, -0.1) is 11.3 Å². The fourth-order valence-corrected chi connectivity index (χ4v) is 2.64. The second-order valence-electron chi connectivity index (χ2n) is 4.28. The first-order valence-corrected chi connectivity index (χ1v) is 6.87. The van der Waals surface area contributed by atoms with Crippen molar-refractivity contribution in [3.05, 3.63) is 46.3 Å². The molecule has 0 fully saturated rings. The second kappa shape index (κ2) is 4.93. The van der Waals surface area contributed by atoms with Crippen molar-refractivity contribution in [1.29, 1.82) is 0 Å². The van der Waals surface area contributed by atoms with E-state index in [1.807, 2.05) is 17.5 Å². The lowest BCUT2D eigenvalue weighted by molar-refractivity contribution is -0.137. The number of nitrogens with zero attached hydrogens (tertiary/aromatic N) is 3. The van der Waals surface area contributed by atoms with Crippen LogP contribution < -0.4 is 5.56 Å². The van der Waals surface area contributed by atoms with E-state index in [9.17, 15) is 9.59 Å². The van der Waals surface area contributed by atoms with Gasteiger partial charge in [-0.2, -0.15) is 5.10 Å². The number of aromatic nitrogens is 3. The fraction of sp³-hybridized carbons (Fsp3) is 0.154. The number of carboxylic acid groups (broad SMARTS) is 1. The minimum absolute atomic E-state index is 0.0814. The molecule has 0 bridgehead atoms. The Balaban J connectivity index is 2.04. The first-order valence-electron chi connectivity index (χ1n) is 5.99. The average molecular weight is 289 g/mol. The Morgan fingerprint density at radius 1 is 1.40 bits per heavy atom. The van der Waals surface area contributed by atoms with Crippen molar-refractivity contribution in [1.82, 2.24) is 14.2 Å². The standard InChI is InChI=1S/C13H11N3O3S/c17-12(18)3-4-15-5-6-16-10(13(15)19)8-9(14-16)11-2-1-7-20-11/h1-2,5-8H,3-4H2,(H,17,18). The van der Waals surface area contributed by atoms with E-state index < -0.39 is 5.97 Å². The van der Waals surface area contributed by atoms with Crippen molar-refractivity contribution in [2.75, 3.05) is 0 Å². The molecule has 0 aliphatic carbocycles. The molecule has 3 heterocycles. The summed E-state index contributed by atoms with van der Waals surface area (Å²) in [4.78, 5) is 23.8. The molecule has 0 saturated carbocycles. The summed E-state index contributed by atoms with van der Waals surface area (Å²) in [5.74, 6) is -0.926. The highest BCUT2D eigenvalue weighted by Gasteiger charge is 2.10. The van der Waals surface area contributed by atoms with Gasteiger partial charge in [-0.3, -0.25) is 9.59 Å². The van der Waals surface area contributed by atoms with E-state index in [2.05, 4.69) is 5.10 Å². The summed E-state index contributed by atoms with van der Waals surface area (Å²) < 4.78 is 2.91. The maximum atomic E-state index is 12.2. The van der Waals surface area contributed by atoms with Gasteiger partial charge in [0, 0.05) is 18.9 Å². The second-order valence-corrected chi connectivity index (χ2v) is 5.22. The van der Waals surface area contributed by atoms with Crippen LogP contribution in [0.1, 0.15) is 6.42 Å². The van der Waals surface area contributed by atoms with Gasteiger partial charge in [0.2, 0.25) is 0 Å². The first-order chi connectivity index (χ1) is 9.65. The number of carbonyl (C=O) groups is 1. The van der Waals surface area contributed by atoms with E-state index in [0.29, 0.717) is 5.52 Å². The molecule has 0 aliphatic heterocycles. The van der Waals surface area contributed by atoms with Crippen LogP contribution in [0.3, 0.4) is 0 Å². The Kier molecular flexibility index (Phi) is 3.11. The Hall–Kier alpha value is -2.41. The van der Waals surface area contributed by atoms with Crippen LogP contribution in [0.25, 0.3) is 16.1 Å². The van der Waals surface area contributed by atoms with Crippen LogP contribution in [-0.2, 0) is 11.3 Å². The highest BCUT2D eigenvalue weighted by atomic mass is 32.1. The number of aryl methyl sites for hydroxylation is 1. The van der Waals surface area contributed by atoms with Crippen molar-refractivity contribution in [2.45, 2.75) is 13.0 Å². The summed E-state index contributed by atoms with van der Waals surface area (Å²) in [6.45, 7) is 0.157. The van der Waals surface area contributed by atoms with Crippen LogP contribution in [0.2, 0.25) is 0 Å². The molecule has 1 N–H and O–H groups in total. The van der Waals surface area contributed by atoms with Gasteiger partial charge in [-0.05, 0) is 17.5 Å². The Labute approximate surface area is 117 Å². The van der Waals surface area contributed by atoms with Crippen molar-refractivity contribution < 1.29 is 9.90 Å². The monoisotopic (exact) mass is 289 g/mol. The normalized spacial score (nSPS) is 11.0. The molecule has 20 heavy (non-hydrogen) atoms. The largest absolute Gasteiger partial charge is 0.481 e. The molecule has 0 saturated heterocycles. The molecule has 3 aromatic heterocycles. The third-order valence-electron chi connectivity index (χ3n) is 2.94. The van der Waals surface area contributed by atoms with Crippen LogP contribution in [0.5, 0.6) is 0 Å². The van der Waals surface area contributed by atoms with Gasteiger partial charge in [0.1, 0.15) is 11.2 Å². The SMILES string of the molecule is O=C(O)CCn1ccn2nc(-c3cccs3)cc2c1=O. The maximum Gasteiger partial charge on any atom is 0.305 e. The Bertz CT molecular complexity index is 817. The summed E-state index contributed by atoms with van der Waals surface area (Å²) in [5, 5.41) is 15.0. The van der Waals surface area contributed by atoms with E-state index in [-0.39, 0.29) is 18.5 Å². The minimum Gasteiger partial charge on any atom is -0.481 e. The van der Waals surface area contributed by atoms with Gasteiger partial charge in [0.15, 0.2) is 0 Å². The lowest BCUT2D eigenvalue weighted by Gasteiger charge is -2.03. The van der Waals surface area contributed by atoms with Crippen molar-refractivity contribution >= 4 is 22.8 Å². The van der Waals surface area contributed by atoms with E-state index in [1.165, 1.54) is 9.08 Å². The van der Waals surface area contributed by atoms with Crippen LogP contribution in [-0.4, -0.2) is 25.3 Å².